The number of nitrogens with two attached hydrogens (primary N) is 2. The molecule has 15 heteroatoms. The molecule has 1 saturated heterocycles. The second-order valence-corrected chi connectivity index (χ2v) is 7.79. The van der Waals surface area contributed by atoms with Crippen LogP contribution in [0.1, 0.15) is 44.9 Å². The first-order valence-electron chi connectivity index (χ1n) is 10.4. The van der Waals surface area contributed by atoms with Crippen molar-refractivity contribution < 1.29 is 48.9 Å². The maximum Gasteiger partial charge on any atom is 0.326 e. The number of carboxylic acid groups (broad SMARTS) is 3. The van der Waals surface area contributed by atoms with Gasteiger partial charge in [-0.25, -0.2) is 4.79 Å². The average molecular weight is 487 g/mol. The lowest BCUT2D eigenvalue weighted by Crippen LogP contribution is -2.57. The molecule has 0 aromatic carbocycles. The van der Waals surface area contributed by atoms with Gasteiger partial charge >= 0.3 is 17.9 Å². The first kappa shape index (κ1) is 28.3. The topological polar surface area (TPSA) is 260 Å². The summed E-state index contributed by atoms with van der Waals surface area (Å²) in [6, 6.07) is -5.51. The monoisotopic (exact) mass is 487 g/mol. The van der Waals surface area contributed by atoms with E-state index >= 15 is 0 Å². The van der Waals surface area contributed by atoms with Gasteiger partial charge in [0.1, 0.15) is 18.1 Å². The van der Waals surface area contributed by atoms with E-state index in [4.69, 9.17) is 21.7 Å². The van der Waals surface area contributed by atoms with Gasteiger partial charge < -0.3 is 42.3 Å². The van der Waals surface area contributed by atoms with E-state index in [1.807, 2.05) is 0 Å². The van der Waals surface area contributed by atoms with Crippen molar-refractivity contribution in [2.24, 2.45) is 11.5 Å². The number of rotatable bonds is 14. The van der Waals surface area contributed by atoms with Crippen molar-refractivity contribution in [3.63, 3.8) is 0 Å². The van der Waals surface area contributed by atoms with E-state index in [1.165, 1.54) is 0 Å². The Balaban J connectivity index is 3.05. The fraction of sp³-hybridized carbons (Fsp3) is 0.632. The molecule has 4 amide bonds. The van der Waals surface area contributed by atoms with Crippen molar-refractivity contribution in [3.05, 3.63) is 0 Å². The molecular weight excluding hydrogens is 458 g/mol. The first-order chi connectivity index (χ1) is 15.8. The minimum absolute atomic E-state index is 0.0983. The van der Waals surface area contributed by atoms with Crippen LogP contribution in [0.15, 0.2) is 0 Å². The van der Waals surface area contributed by atoms with E-state index in [0.717, 1.165) is 4.90 Å². The van der Waals surface area contributed by atoms with Gasteiger partial charge in [-0.2, -0.15) is 0 Å². The number of carbonyl (C=O) groups is 7. The van der Waals surface area contributed by atoms with Crippen molar-refractivity contribution >= 4 is 41.5 Å². The smallest absolute Gasteiger partial charge is 0.326 e. The molecule has 0 radical (unpaired) electrons. The molecule has 1 rings (SSSR count). The van der Waals surface area contributed by atoms with Gasteiger partial charge in [0.25, 0.3) is 0 Å². The summed E-state index contributed by atoms with van der Waals surface area (Å²) in [5.74, 6) is -7.46. The van der Waals surface area contributed by atoms with E-state index in [2.05, 4.69) is 10.6 Å². The SMILES string of the molecule is NC(=O)CCC(NC(=O)C(N)CC(=O)O)C(=O)NC(CCC(=O)O)C(=O)N1CCCC1C(=O)O. The Kier molecular flexibility index (Phi) is 10.9. The highest BCUT2D eigenvalue weighted by Crippen LogP contribution is 2.20. The molecule has 9 N–H and O–H groups in total. The summed E-state index contributed by atoms with van der Waals surface area (Å²) in [6.07, 6.45) is -1.69. The highest BCUT2D eigenvalue weighted by molar-refractivity contribution is 5.95. The standard InChI is InChI=1S/C19H29N5O10/c20-9(8-15(28)29)16(30)22-10(3-5-13(21)25)17(31)23-11(4-6-14(26)27)18(32)24-7-1-2-12(24)19(33)34/h9-12H,1-8,20H2,(H2,21,25)(H,22,30)(H,23,31)(H,26,27)(H,28,29)(H,33,34). The fourth-order valence-electron chi connectivity index (χ4n) is 3.40. The summed E-state index contributed by atoms with van der Waals surface area (Å²) >= 11 is 0. The highest BCUT2D eigenvalue weighted by Gasteiger charge is 2.38. The van der Waals surface area contributed by atoms with Crippen LogP contribution in [0, 0.1) is 0 Å². The molecule has 0 aliphatic carbocycles. The van der Waals surface area contributed by atoms with Gasteiger partial charge in [0.05, 0.1) is 12.5 Å². The fourth-order valence-corrected chi connectivity index (χ4v) is 3.40. The zero-order chi connectivity index (χ0) is 26.0. The molecule has 0 bridgehead atoms. The molecule has 4 unspecified atom stereocenters. The van der Waals surface area contributed by atoms with E-state index in [9.17, 15) is 38.7 Å². The predicted octanol–water partition coefficient (Wildman–Crippen LogP) is -3.04. The summed E-state index contributed by atoms with van der Waals surface area (Å²) in [7, 11) is 0. The van der Waals surface area contributed by atoms with E-state index in [0.29, 0.717) is 6.42 Å². The first-order valence-corrected chi connectivity index (χ1v) is 10.4. The lowest BCUT2D eigenvalue weighted by molar-refractivity contribution is -0.150. The van der Waals surface area contributed by atoms with Crippen molar-refractivity contribution in [1.29, 1.82) is 0 Å². The third-order valence-electron chi connectivity index (χ3n) is 5.13. The van der Waals surface area contributed by atoms with Gasteiger partial charge in [-0.05, 0) is 25.7 Å². The molecule has 0 aromatic heterocycles. The Morgan fingerprint density at radius 2 is 1.47 bits per heavy atom. The van der Waals surface area contributed by atoms with Crippen molar-refractivity contribution in [2.45, 2.75) is 69.1 Å². The number of nitrogens with zero attached hydrogens (tertiary/aromatic N) is 1. The predicted molar refractivity (Wildman–Crippen MR) is 112 cm³/mol. The zero-order valence-electron chi connectivity index (χ0n) is 18.3. The van der Waals surface area contributed by atoms with Gasteiger partial charge in [0, 0.05) is 19.4 Å². The number of aliphatic carboxylic acids is 3. The second kappa shape index (κ2) is 13.1. The Bertz CT molecular complexity index is 832. The molecule has 190 valence electrons. The normalized spacial score (nSPS) is 17.8. The minimum Gasteiger partial charge on any atom is -0.481 e. The number of carbonyl (C=O) groups excluding carboxylic acids is 4. The van der Waals surface area contributed by atoms with Crippen LogP contribution in [0.25, 0.3) is 0 Å². The van der Waals surface area contributed by atoms with Crippen LogP contribution in [-0.4, -0.2) is 92.5 Å². The molecule has 1 aliphatic heterocycles. The Labute approximate surface area is 193 Å². The van der Waals surface area contributed by atoms with Crippen molar-refractivity contribution in [3.8, 4) is 0 Å². The molecule has 1 fully saturated rings. The molecule has 1 aliphatic rings. The summed E-state index contributed by atoms with van der Waals surface area (Å²) in [5.41, 5.74) is 10.6. The lowest BCUT2D eigenvalue weighted by atomic mass is 10.1. The van der Waals surface area contributed by atoms with Crippen molar-refractivity contribution in [1.82, 2.24) is 15.5 Å². The number of amides is 4. The van der Waals surface area contributed by atoms with Crippen LogP contribution >= 0.6 is 0 Å². The molecule has 0 saturated carbocycles. The third-order valence-corrected chi connectivity index (χ3v) is 5.13. The summed E-state index contributed by atoms with van der Waals surface area (Å²) in [5, 5.41) is 31.6. The Morgan fingerprint density at radius 3 is 2.00 bits per heavy atom. The zero-order valence-corrected chi connectivity index (χ0v) is 18.3. The molecule has 4 atom stereocenters. The molecule has 15 nitrogen and oxygen atoms in total. The number of primary amides is 1. The second-order valence-electron chi connectivity index (χ2n) is 7.79. The number of hydrogen-bond donors (Lipinski definition) is 7. The van der Waals surface area contributed by atoms with E-state index in [-0.39, 0.29) is 32.2 Å². The average Bonchev–Trinajstić information content (AvgIpc) is 3.22. The highest BCUT2D eigenvalue weighted by atomic mass is 16.4. The van der Waals surface area contributed by atoms with E-state index < -0.39 is 78.5 Å². The van der Waals surface area contributed by atoms with E-state index in [1.54, 1.807) is 0 Å². The largest absolute Gasteiger partial charge is 0.481 e. The quantitative estimate of drug-likeness (QED) is 0.129. The number of hydrogen-bond acceptors (Lipinski definition) is 8. The maximum absolute atomic E-state index is 13.0. The molecule has 0 spiro atoms. The van der Waals surface area contributed by atoms with Gasteiger partial charge in [-0.1, -0.05) is 0 Å². The van der Waals surface area contributed by atoms with Crippen LogP contribution in [0.2, 0.25) is 0 Å². The summed E-state index contributed by atoms with van der Waals surface area (Å²) in [6.45, 7) is 0.0983. The number of nitrogens with one attached hydrogen (secondary N) is 2. The van der Waals surface area contributed by atoms with Gasteiger partial charge in [-0.3, -0.25) is 28.8 Å². The number of carboxylic acids is 3. The van der Waals surface area contributed by atoms with Crippen LogP contribution in [-0.2, 0) is 33.6 Å². The minimum atomic E-state index is -1.51. The molecule has 34 heavy (non-hydrogen) atoms. The van der Waals surface area contributed by atoms with Crippen LogP contribution in [0.5, 0.6) is 0 Å². The van der Waals surface area contributed by atoms with Gasteiger partial charge in [-0.15, -0.1) is 0 Å². The lowest BCUT2D eigenvalue weighted by Gasteiger charge is -2.28. The van der Waals surface area contributed by atoms with Gasteiger partial charge in [0.15, 0.2) is 0 Å². The number of likely N-dealkylation sites (tertiary alicyclic amines) is 1. The Morgan fingerprint density at radius 1 is 0.882 bits per heavy atom. The third kappa shape index (κ3) is 9.01. The maximum atomic E-state index is 13.0. The Hall–Kier alpha value is -3.75. The van der Waals surface area contributed by atoms with Crippen LogP contribution in [0.4, 0.5) is 0 Å². The summed E-state index contributed by atoms with van der Waals surface area (Å²) in [4.78, 5) is 83.4. The summed E-state index contributed by atoms with van der Waals surface area (Å²) < 4.78 is 0. The van der Waals surface area contributed by atoms with Crippen LogP contribution < -0.4 is 22.1 Å². The van der Waals surface area contributed by atoms with Crippen molar-refractivity contribution in [2.75, 3.05) is 6.54 Å². The molecule has 1 heterocycles. The van der Waals surface area contributed by atoms with Gasteiger partial charge in [0.2, 0.25) is 23.6 Å². The molecule has 0 aromatic rings. The molecular formula is C19H29N5O10. The van der Waals surface area contributed by atoms with Crippen LogP contribution in [0.3, 0.4) is 0 Å².